The lowest BCUT2D eigenvalue weighted by atomic mass is 10.3. The van der Waals surface area contributed by atoms with E-state index in [1.165, 1.54) is 12.1 Å². The SMILES string of the molecule is CN1CCC/C1=N/S(=O)(=O)c1cccc(NC(=O)c2ccc(Cl)s2)c1. The molecule has 0 atom stereocenters. The van der Waals surface area contributed by atoms with E-state index in [-0.39, 0.29) is 10.8 Å². The van der Waals surface area contributed by atoms with Gasteiger partial charge in [0.25, 0.3) is 15.9 Å². The molecule has 1 N–H and O–H groups in total. The van der Waals surface area contributed by atoms with Gasteiger partial charge in [-0.2, -0.15) is 8.42 Å². The molecule has 132 valence electrons. The minimum absolute atomic E-state index is 0.0438. The summed E-state index contributed by atoms with van der Waals surface area (Å²) in [6.45, 7) is 0.799. The van der Waals surface area contributed by atoms with Crippen LogP contribution in [-0.4, -0.2) is 38.7 Å². The van der Waals surface area contributed by atoms with Crippen molar-refractivity contribution >= 4 is 50.4 Å². The first kappa shape index (κ1) is 17.9. The molecule has 0 aliphatic carbocycles. The maximum atomic E-state index is 12.5. The van der Waals surface area contributed by atoms with Gasteiger partial charge >= 0.3 is 0 Å². The molecular weight excluding hydrogens is 382 g/mol. The summed E-state index contributed by atoms with van der Waals surface area (Å²) in [5, 5.41) is 2.68. The van der Waals surface area contributed by atoms with E-state index in [2.05, 4.69) is 9.71 Å². The van der Waals surface area contributed by atoms with Crippen molar-refractivity contribution in [1.82, 2.24) is 4.90 Å². The lowest BCUT2D eigenvalue weighted by Gasteiger charge is -2.11. The van der Waals surface area contributed by atoms with Gasteiger partial charge in [0.15, 0.2) is 0 Å². The van der Waals surface area contributed by atoms with E-state index in [9.17, 15) is 13.2 Å². The van der Waals surface area contributed by atoms with E-state index in [1.54, 1.807) is 24.3 Å². The molecule has 2 heterocycles. The van der Waals surface area contributed by atoms with Gasteiger partial charge in [-0.05, 0) is 36.8 Å². The number of amides is 1. The average molecular weight is 398 g/mol. The number of amidine groups is 1. The maximum Gasteiger partial charge on any atom is 0.284 e. The number of nitrogens with zero attached hydrogens (tertiary/aromatic N) is 2. The van der Waals surface area contributed by atoms with E-state index in [0.717, 1.165) is 24.3 Å². The van der Waals surface area contributed by atoms with Gasteiger partial charge in [-0.25, -0.2) is 0 Å². The van der Waals surface area contributed by atoms with Gasteiger partial charge in [0.1, 0.15) is 5.84 Å². The fourth-order valence-electron chi connectivity index (χ4n) is 2.46. The molecule has 0 radical (unpaired) electrons. The summed E-state index contributed by atoms with van der Waals surface area (Å²) in [6, 6.07) is 9.32. The van der Waals surface area contributed by atoms with Gasteiger partial charge in [-0.15, -0.1) is 15.7 Å². The predicted octanol–water partition coefficient (Wildman–Crippen LogP) is 3.47. The largest absolute Gasteiger partial charge is 0.362 e. The van der Waals surface area contributed by atoms with Crippen LogP contribution in [0.4, 0.5) is 5.69 Å². The molecule has 1 aliphatic rings. The number of likely N-dealkylation sites (tertiary alicyclic amines) is 1. The number of carbonyl (C=O) groups is 1. The molecule has 1 amide bonds. The minimum Gasteiger partial charge on any atom is -0.362 e. The maximum absolute atomic E-state index is 12.5. The van der Waals surface area contributed by atoms with Crippen molar-refractivity contribution in [2.75, 3.05) is 18.9 Å². The quantitative estimate of drug-likeness (QED) is 0.856. The summed E-state index contributed by atoms with van der Waals surface area (Å²) in [5.41, 5.74) is 0.385. The number of halogens is 1. The number of nitrogens with one attached hydrogen (secondary N) is 1. The Balaban J connectivity index is 1.82. The second-order valence-electron chi connectivity index (χ2n) is 5.59. The van der Waals surface area contributed by atoms with Crippen molar-refractivity contribution in [3.63, 3.8) is 0 Å². The zero-order chi connectivity index (χ0) is 18.0. The fourth-order valence-corrected chi connectivity index (χ4v) is 4.54. The highest BCUT2D eigenvalue weighted by Crippen LogP contribution is 2.24. The number of hydrogen-bond acceptors (Lipinski definition) is 4. The van der Waals surface area contributed by atoms with Crippen LogP contribution in [0.5, 0.6) is 0 Å². The Bertz CT molecular complexity index is 938. The fraction of sp³-hybridized carbons (Fsp3) is 0.250. The molecule has 1 aromatic heterocycles. The van der Waals surface area contributed by atoms with Crippen LogP contribution in [0.25, 0.3) is 0 Å². The van der Waals surface area contributed by atoms with Crippen LogP contribution in [0.3, 0.4) is 0 Å². The van der Waals surface area contributed by atoms with E-state index in [0.29, 0.717) is 27.2 Å². The highest BCUT2D eigenvalue weighted by atomic mass is 35.5. The topological polar surface area (TPSA) is 78.8 Å². The van der Waals surface area contributed by atoms with Crippen LogP contribution in [0.2, 0.25) is 4.34 Å². The number of rotatable bonds is 4. The first-order chi connectivity index (χ1) is 11.8. The van der Waals surface area contributed by atoms with Gasteiger partial charge in [-0.3, -0.25) is 4.79 Å². The highest BCUT2D eigenvalue weighted by molar-refractivity contribution is 7.90. The second kappa shape index (κ2) is 7.15. The number of sulfonamides is 1. The van der Waals surface area contributed by atoms with Crippen LogP contribution in [0.1, 0.15) is 22.5 Å². The number of benzene rings is 1. The number of carbonyl (C=O) groups excluding carboxylic acids is 1. The van der Waals surface area contributed by atoms with Crippen molar-refractivity contribution in [3.05, 3.63) is 45.6 Å². The molecule has 0 spiro atoms. The first-order valence-corrected chi connectivity index (χ1v) is 10.2. The first-order valence-electron chi connectivity index (χ1n) is 7.57. The third-order valence-corrected chi connectivity index (χ3v) is 6.28. The van der Waals surface area contributed by atoms with Gasteiger partial charge in [0.05, 0.1) is 14.1 Å². The normalized spacial score (nSPS) is 16.4. The highest BCUT2D eigenvalue weighted by Gasteiger charge is 2.20. The second-order valence-corrected chi connectivity index (χ2v) is 8.91. The Kier molecular flexibility index (Phi) is 5.12. The van der Waals surface area contributed by atoms with E-state index in [4.69, 9.17) is 11.6 Å². The van der Waals surface area contributed by atoms with Crippen LogP contribution in [-0.2, 0) is 10.0 Å². The summed E-state index contributed by atoms with van der Waals surface area (Å²) < 4.78 is 29.4. The molecule has 3 rings (SSSR count). The smallest absolute Gasteiger partial charge is 0.284 e. The van der Waals surface area contributed by atoms with Crippen molar-refractivity contribution in [3.8, 4) is 0 Å². The molecule has 9 heteroatoms. The van der Waals surface area contributed by atoms with Crippen molar-refractivity contribution in [2.24, 2.45) is 4.40 Å². The minimum atomic E-state index is -3.82. The molecule has 0 saturated carbocycles. The molecule has 2 aromatic rings. The lowest BCUT2D eigenvalue weighted by molar-refractivity contribution is 0.103. The van der Waals surface area contributed by atoms with E-state index < -0.39 is 10.0 Å². The third kappa shape index (κ3) is 4.20. The zero-order valence-corrected chi connectivity index (χ0v) is 15.8. The molecule has 6 nitrogen and oxygen atoms in total. The molecule has 0 unspecified atom stereocenters. The monoisotopic (exact) mass is 397 g/mol. The van der Waals surface area contributed by atoms with Crippen LogP contribution in [0.15, 0.2) is 45.7 Å². The van der Waals surface area contributed by atoms with Gasteiger partial charge < -0.3 is 10.2 Å². The molecule has 1 saturated heterocycles. The van der Waals surface area contributed by atoms with Gasteiger partial charge in [-0.1, -0.05) is 17.7 Å². The van der Waals surface area contributed by atoms with Crippen LogP contribution < -0.4 is 5.32 Å². The zero-order valence-electron chi connectivity index (χ0n) is 13.4. The average Bonchev–Trinajstić information content (AvgIpc) is 3.16. The molecule has 1 fully saturated rings. The van der Waals surface area contributed by atoms with Gasteiger partial charge in [0.2, 0.25) is 0 Å². The number of thiophene rings is 1. The number of hydrogen-bond donors (Lipinski definition) is 1. The Morgan fingerprint density at radius 1 is 1.32 bits per heavy atom. The van der Waals surface area contributed by atoms with Crippen molar-refractivity contribution in [1.29, 1.82) is 0 Å². The summed E-state index contributed by atoms with van der Waals surface area (Å²) in [4.78, 5) is 14.5. The summed E-state index contributed by atoms with van der Waals surface area (Å²) in [7, 11) is -2.00. The number of anilines is 1. The molecule has 25 heavy (non-hydrogen) atoms. The Morgan fingerprint density at radius 2 is 2.12 bits per heavy atom. The summed E-state index contributed by atoms with van der Waals surface area (Å²) in [5.74, 6) is 0.218. The van der Waals surface area contributed by atoms with E-state index in [1.807, 2.05) is 11.9 Å². The Hall–Kier alpha value is -1.90. The molecule has 1 aromatic carbocycles. The molecule has 1 aliphatic heterocycles. The van der Waals surface area contributed by atoms with Crippen LogP contribution in [0, 0.1) is 0 Å². The Morgan fingerprint density at radius 3 is 2.76 bits per heavy atom. The lowest BCUT2D eigenvalue weighted by Crippen LogP contribution is -2.20. The summed E-state index contributed by atoms with van der Waals surface area (Å²) >= 11 is 6.98. The van der Waals surface area contributed by atoms with Gasteiger partial charge in [0, 0.05) is 25.7 Å². The van der Waals surface area contributed by atoms with Crippen LogP contribution >= 0.6 is 22.9 Å². The molecule has 0 bridgehead atoms. The third-order valence-electron chi connectivity index (χ3n) is 3.75. The van der Waals surface area contributed by atoms with Crippen molar-refractivity contribution < 1.29 is 13.2 Å². The standard InChI is InChI=1S/C16H16ClN3O3S2/c1-20-9-3-6-15(20)19-25(22,23)12-5-2-4-11(10-12)18-16(21)13-7-8-14(17)24-13/h2,4-5,7-8,10H,3,6,9H2,1H3,(H,18,21)/b19-15-. The Labute approximate surface area is 155 Å². The van der Waals surface area contributed by atoms with Crippen molar-refractivity contribution in [2.45, 2.75) is 17.7 Å². The molecular formula is C16H16ClN3O3S2. The summed E-state index contributed by atoms with van der Waals surface area (Å²) in [6.07, 6.45) is 1.54. The predicted molar refractivity (Wildman–Crippen MR) is 100 cm³/mol. The van der Waals surface area contributed by atoms with E-state index >= 15 is 0 Å².